The van der Waals surface area contributed by atoms with Crippen LogP contribution in [-0.2, 0) is 0 Å². The summed E-state index contributed by atoms with van der Waals surface area (Å²) in [4.78, 5) is 35.0. The Morgan fingerprint density at radius 3 is 2.03 bits per heavy atom. The Kier molecular flexibility index (Phi) is 7.27. The number of para-hydroxylation sites is 1. The molecule has 1 heterocycles. The molecule has 0 radical (unpaired) electrons. The van der Waals surface area contributed by atoms with E-state index < -0.39 is 0 Å². The van der Waals surface area contributed by atoms with Gasteiger partial charge in [-0.05, 0) is 37.4 Å². The largest absolute Gasteiger partial charge is 0.302 e. The fourth-order valence-electron chi connectivity index (χ4n) is 3.72. The van der Waals surface area contributed by atoms with Gasteiger partial charge in [0.05, 0.1) is 10.2 Å². The van der Waals surface area contributed by atoms with E-state index >= 15 is 0 Å². The van der Waals surface area contributed by atoms with Crippen molar-refractivity contribution in [2.75, 3.05) is 31.1 Å². The first-order valence-corrected chi connectivity index (χ1v) is 12.0. The summed E-state index contributed by atoms with van der Waals surface area (Å²) in [6.45, 7) is 7.40. The summed E-state index contributed by atoms with van der Waals surface area (Å²) >= 11 is 1.52. The van der Waals surface area contributed by atoms with Crippen LogP contribution in [0.15, 0.2) is 78.9 Å². The molecule has 0 aliphatic heterocycles. The monoisotopic (exact) mass is 457 g/mol. The van der Waals surface area contributed by atoms with Crippen molar-refractivity contribution in [2.45, 2.75) is 13.8 Å². The molecule has 33 heavy (non-hydrogen) atoms. The second kappa shape index (κ2) is 10.5. The summed E-state index contributed by atoms with van der Waals surface area (Å²) in [6, 6.07) is 24.0. The summed E-state index contributed by atoms with van der Waals surface area (Å²) < 4.78 is 1.05. The zero-order valence-electron chi connectivity index (χ0n) is 18.9. The maximum absolute atomic E-state index is 13.6. The lowest BCUT2D eigenvalue weighted by atomic mass is 10.0. The lowest BCUT2D eigenvalue weighted by Gasteiger charge is -2.24. The number of hydrogen-bond acceptors (Lipinski definition) is 5. The van der Waals surface area contributed by atoms with Crippen molar-refractivity contribution in [1.82, 2.24) is 9.88 Å². The number of carbonyl (C=O) groups is 2. The third-order valence-corrected chi connectivity index (χ3v) is 6.78. The van der Waals surface area contributed by atoms with E-state index in [0.29, 0.717) is 28.4 Å². The molecule has 1 aromatic heterocycles. The highest BCUT2D eigenvalue weighted by Gasteiger charge is 2.22. The van der Waals surface area contributed by atoms with E-state index in [9.17, 15) is 9.59 Å². The van der Waals surface area contributed by atoms with E-state index in [2.05, 4.69) is 18.7 Å². The van der Waals surface area contributed by atoms with Crippen LogP contribution in [0.5, 0.6) is 0 Å². The van der Waals surface area contributed by atoms with Crippen LogP contribution in [0.25, 0.3) is 10.2 Å². The summed E-state index contributed by atoms with van der Waals surface area (Å²) in [5.41, 5.74) is 2.62. The quantitative estimate of drug-likeness (QED) is 0.311. The predicted octanol–water partition coefficient (Wildman–Crippen LogP) is 5.52. The Labute approximate surface area is 198 Å². The molecule has 4 rings (SSSR count). The minimum Gasteiger partial charge on any atom is -0.302 e. The van der Waals surface area contributed by atoms with Gasteiger partial charge in [0.2, 0.25) is 0 Å². The van der Waals surface area contributed by atoms with Gasteiger partial charge in [0.1, 0.15) is 0 Å². The molecule has 0 saturated heterocycles. The van der Waals surface area contributed by atoms with Gasteiger partial charge in [-0.3, -0.25) is 14.5 Å². The molecular formula is C27H27N3O2S. The van der Waals surface area contributed by atoms with Crippen LogP contribution < -0.4 is 4.90 Å². The van der Waals surface area contributed by atoms with E-state index in [-0.39, 0.29) is 11.7 Å². The third-order valence-electron chi connectivity index (χ3n) is 5.72. The molecule has 6 heteroatoms. The van der Waals surface area contributed by atoms with Crippen LogP contribution in [0.4, 0.5) is 5.13 Å². The van der Waals surface area contributed by atoms with E-state index in [0.717, 1.165) is 29.9 Å². The van der Waals surface area contributed by atoms with Crippen molar-refractivity contribution in [2.24, 2.45) is 0 Å². The fourth-order valence-corrected chi connectivity index (χ4v) is 4.71. The zero-order valence-corrected chi connectivity index (χ0v) is 19.7. The molecule has 0 aliphatic carbocycles. The topological polar surface area (TPSA) is 53.5 Å². The molecule has 4 aromatic rings. The molecule has 0 aliphatic rings. The zero-order chi connectivity index (χ0) is 23.2. The van der Waals surface area contributed by atoms with Crippen molar-refractivity contribution in [1.29, 1.82) is 0 Å². The Bertz CT molecular complexity index is 1200. The number of amides is 1. The second-order valence-corrected chi connectivity index (χ2v) is 8.73. The second-order valence-electron chi connectivity index (χ2n) is 7.72. The van der Waals surface area contributed by atoms with Gasteiger partial charge in [-0.1, -0.05) is 79.8 Å². The number of benzene rings is 3. The smallest absolute Gasteiger partial charge is 0.260 e. The number of rotatable bonds is 9. The molecule has 0 saturated carbocycles. The van der Waals surface area contributed by atoms with Crippen molar-refractivity contribution in [3.8, 4) is 0 Å². The minimum absolute atomic E-state index is 0.0563. The van der Waals surface area contributed by atoms with Crippen molar-refractivity contribution in [3.05, 3.63) is 95.6 Å². The number of nitrogens with zero attached hydrogens (tertiary/aromatic N) is 3. The SMILES string of the molecule is CCN(CC)CCN(C(=O)c1ccc(C(=O)c2ccccc2)cc1)c1nc2ccccc2s1. The Hall–Kier alpha value is -3.35. The number of aromatic nitrogens is 1. The van der Waals surface area contributed by atoms with Gasteiger partial charge in [0.25, 0.3) is 5.91 Å². The van der Waals surface area contributed by atoms with Gasteiger partial charge in [0, 0.05) is 29.8 Å². The van der Waals surface area contributed by atoms with Crippen molar-refractivity contribution in [3.63, 3.8) is 0 Å². The van der Waals surface area contributed by atoms with Gasteiger partial charge in [-0.25, -0.2) is 4.98 Å². The van der Waals surface area contributed by atoms with Crippen LogP contribution in [0, 0.1) is 0 Å². The number of fused-ring (bicyclic) bond motifs is 1. The fraction of sp³-hybridized carbons (Fsp3) is 0.222. The number of hydrogen-bond donors (Lipinski definition) is 0. The van der Waals surface area contributed by atoms with Gasteiger partial charge in [0.15, 0.2) is 10.9 Å². The summed E-state index contributed by atoms with van der Waals surface area (Å²) in [6.07, 6.45) is 0. The van der Waals surface area contributed by atoms with Crippen molar-refractivity contribution < 1.29 is 9.59 Å². The first-order chi connectivity index (χ1) is 16.1. The van der Waals surface area contributed by atoms with E-state index in [1.807, 2.05) is 42.5 Å². The van der Waals surface area contributed by atoms with Gasteiger partial charge >= 0.3 is 0 Å². The van der Waals surface area contributed by atoms with E-state index in [4.69, 9.17) is 4.98 Å². The standard InChI is InChI=1S/C27H27N3O2S/c1-3-29(4-2)18-19-30(27-28-23-12-8-9-13-24(23)33-27)26(32)22-16-14-21(15-17-22)25(31)20-10-6-5-7-11-20/h5-17H,3-4,18-19H2,1-2H3. The molecule has 5 nitrogen and oxygen atoms in total. The first kappa shape index (κ1) is 22.8. The highest BCUT2D eigenvalue weighted by molar-refractivity contribution is 7.22. The number of thiazole rings is 1. The third kappa shape index (κ3) is 5.18. The van der Waals surface area contributed by atoms with Gasteiger partial charge in [-0.2, -0.15) is 0 Å². The summed E-state index contributed by atoms with van der Waals surface area (Å²) in [5, 5.41) is 0.692. The number of likely N-dealkylation sites (N-methyl/N-ethyl adjacent to an activating group) is 1. The summed E-state index contributed by atoms with van der Waals surface area (Å²) in [7, 11) is 0. The first-order valence-electron chi connectivity index (χ1n) is 11.2. The average Bonchev–Trinajstić information content (AvgIpc) is 3.30. The molecule has 1 amide bonds. The molecule has 3 aromatic carbocycles. The van der Waals surface area contributed by atoms with E-state index in [1.54, 1.807) is 41.3 Å². The van der Waals surface area contributed by atoms with Crippen LogP contribution >= 0.6 is 11.3 Å². The van der Waals surface area contributed by atoms with Crippen molar-refractivity contribution >= 4 is 38.4 Å². The molecule has 0 atom stereocenters. The molecule has 0 unspecified atom stereocenters. The number of anilines is 1. The van der Waals surface area contributed by atoms with Crippen LogP contribution in [0.1, 0.15) is 40.1 Å². The minimum atomic E-state index is -0.111. The lowest BCUT2D eigenvalue weighted by molar-refractivity contribution is 0.0981. The Balaban J connectivity index is 1.60. The molecule has 0 fully saturated rings. The van der Waals surface area contributed by atoms with Crippen LogP contribution in [0.3, 0.4) is 0 Å². The van der Waals surface area contributed by atoms with Crippen LogP contribution in [-0.4, -0.2) is 47.8 Å². The molecule has 0 N–H and O–H groups in total. The van der Waals surface area contributed by atoms with Gasteiger partial charge < -0.3 is 4.90 Å². The van der Waals surface area contributed by atoms with Gasteiger partial charge in [-0.15, -0.1) is 0 Å². The molecule has 0 spiro atoms. The normalized spacial score (nSPS) is 11.1. The number of carbonyl (C=O) groups excluding carboxylic acids is 2. The highest BCUT2D eigenvalue weighted by Crippen LogP contribution is 2.29. The molecular weight excluding hydrogens is 430 g/mol. The average molecular weight is 458 g/mol. The molecule has 0 bridgehead atoms. The highest BCUT2D eigenvalue weighted by atomic mass is 32.1. The predicted molar refractivity (Wildman–Crippen MR) is 135 cm³/mol. The lowest BCUT2D eigenvalue weighted by Crippen LogP contribution is -2.38. The van der Waals surface area contributed by atoms with Crippen LogP contribution in [0.2, 0.25) is 0 Å². The summed E-state index contributed by atoms with van der Waals surface area (Å²) in [5.74, 6) is -0.168. The maximum atomic E-state index is 13.6. The Morgan fingerprint density at radius 2 is 1.36 bits per heavy atom. The Morgan fingerprint density at radius 1 is 0.758 bits per heavy atom. The maximum Gasteiger partial charge on any atom is 0.260 e. The molecule has 168 valence electrons. The number of ketones is 1. The van der Waals surface area contributed by atoms with E-state index in [1.165, 1.54) is 11.3 Å².